The molecular weight excluding hydrogens is 357 g/mol. The van der Waals surface area contributed by atoms with Gasteiger partial charge in [0.15, 0.2) is 11.0 Å². The van der Waals surface area contributed by atoms with Crippen LogP contribution in [0.15, 0.2) is 53.4 Å². The Morgan fingerprint density at radius 1 is 1.20 bits per heavy atom. The van der Waals surface area contributed by atoms with Crippen LogP contribution in [0.5, 0.6) is 0 Å². The Morgan fingerprint density at radius 2 is 1.88 bits per heavy atom. The number of nitrogens with one attached hydrogen (secondary N) is 1. The first-order valence-electron chi connectivity index (χ1n) is 7.23. The highest BCUT2D eigenvalue weighted by atomic mass is 32.2. The first-order valence-corrected chi connectivity index (χ1v) is 8.34. The van der Waals surface area contributed by atoms with Crippen molar-refractivity contribution in [1.82, 2.24) is 5.48 Å². The molecule has 1 aliphatic heterocycles. The van der Waals surface area contributed by atoms with Crippen molar-refractivity contribution in [2.75, 3.05) is 4.31 Å². The molecule has 2 N–H and O–H groups in total. The molecular formula is C16H13F3N2O3S. The number of hydrogen-bond acceptors (Lipinski definition) is 3. The van der Waals surface area contributed by atoms with Gasteiger partial charge in [-0.05, 0) is 29.8 Å². The third kappa shape index (κ3) is 3.24. The van der Waals surface area contributed by atoms with Gasteiger partial charge in [-0.15, -0.1) is 0 Å². The first kappa shape index (κ1) is 17.4. The minimum absolute atomic E-state index is 0.00872. The van der Waals surface area contributed by atoms with Crippen LogP contribution in [0, 0.1) is 0 Å². The summed E-state index contributed by atoms with van der Waals surface area (Å²) >= 11 is 0. The van der Waals surface area contributed by atoms with E-state index in [0.29, 0.717) is 11.3 Å². The van der Waals surface area contributed by atoms with E-state index in [2.05, 4.69) is 0 Å². The number of benzene rings is 2. The fraction of sp³-hybridized carbons (Fsp3) is 0.188. The SMILES string of the molecule is O=C(CC1c2ccc(C(F)(F)F)cc2S(=O)N1c1ccccc1)NO. The second-order valence-corrected chi connectivity index (χ2v) is 6.75. The number of carbonyl (C=O) groups excluding carboxylic acids is 1. The van der Waals surface area contributed by atoms with Crippen LogP contribution in [-0.2, 0) is 22.0 Å². The van der Waals surface area contributed by atoms with Crippen LogP contribution in [0.25, 0.3) is 0 Å². The zero-order valence-electron chi connectivity index (χ0n) is 12.7. The summed E-state index contributed by atoms with van der Waals surface area (Å²) in [6, 6.07) is 10.6. The zero-order valence-corrected chi connectivity index (χ0v) is 13.5. The molecule has 0 spiro atoms. The monoisotopic (exact) mass is 370 g/mol. The molecule has 1 amide bonds. The molecule has 1 aliphatic rings. The van der Waals surface area contributed by atoms with Gasteiger partial charge in [0.2, 0.25) is 5.91 Å². The van der Waals surface area contributed by atoms with Gasteiger partial charge < -0.3 is 0 Å². The van der Waals surface area contributed by atoms with Gasteiger partial charge >= 0.3 is 6.18 Å². The van der Waals surface area contributed by atoms with Crippen LogP contribution in [0.4, 0.5) is 18.9 Å². The first-order chi connectivity index (χ1) is 11.8. The smallest absolute Gasteiger partial charge is 0.289 e. The van der Waals surface area contributed by atoms with Gasteiger partial charge in [-0.3, -0.25) is 14.3 Å². The Labute approximate surface area is 143 Å². The van der Waals surface area contributed by atoms with Crippen molar-refractivity contribution in [2.24, 2.45) is 0 Å². The number of nitrogens with zero attached hydrogens (tertiary/aromatic N) is 1. The van der Waals surface area contributed by atoms with Crippen LogP contribution in [0.1, 0.15) is 23.6 Å². The molecule has 0 aliphatic carbocycles. The molecule has 0 bridgehead atoms. The Kier molecular flexibility index (Phi) is 4.53. The number of para-hydroxylation sites is 1. The molecule has 2 atom stereocenters. The van der Waals surface area contributed by atoms with Crippen molar-refractivity contribution >= 4 is 22.6 Å². The van der Waals surface area contributed by atoms with Crippen LogP contribution in [0.2, 0.25) is 0 Å². The maximum Gasteiger partial charge on any atom is 0.416 e. The van der Waals surface area contributed by atoms with Crippen molar-refractivity contribution in [1.29, 1.82) is 0 Å². The number of halogens is 3. The summed E-state index contributed by atoms with van der Waals surface area (Å²) in [5, 5.41) is 8.77. The lowest BCUT2D eigenvalue weighted by Gasteiger charge is -2.24. The summed E-state index contributed by atoms with van der Waals surface area (Å²) in [6.07, 6.45) is -4.81. The number of fused-ring (bicyclic) bond motifs is 1. The van der Waals surface area contributed by atoms with E-state index >= 15 is 0 Å². The van der Waals surface area contributed by atoms with E-state index in [4.69, 9.17) is 5.21 Å². The summed E-state index contributed by atoms with van der Waals surface area (Å²) in [6.45, 7) is 0. The van der Waals surface area contributed by atoms with Crippen molar-refractivity contribution in [3.8, 4) is 0 Å². The van der Waals surface area contributed by atoms with Crippen LogP contribution in [-0.4, -0.2) is 15.3 Å². The highest BCUT2D eigenvalue weighted by Crippen LogP contribution is 2.44. The molecule has 25 heavy (non-hydrogen) atoms. The van der Waals surface area contributed by atoms with Crippen molar-refractivity contribution in [3.05, 3.63) is 59.7 Å². The molecule has 5 nitrogen and oxygen atoms in total. The second-order valence-electron chi connectivity index (χ2n) is 5.42. The van der Waals surface area contributed by atoms with Gasteiger partial charge in [-0.2, -0.15) is 13.2 Å². The molecule has 2 aromatic carbocycles. The summed E-state index contributed by atoms with van der Waals surface area (Å²) in [5.74, 6) is -0.726. The quantitative estimate of drug-likeness (QED) is 0.644. The fourth-order valence-corrected chi connectivity index (χ4v) is 4.33. The van der Waals surface area contributed by atoms with Gasteiger partial charge in [0.1, 0.15) is 0 Å². The van der Waals surface area contributed by atoms with Crippen molar-refractivity contribution in [2.45, 2.75) is 23.5 Å². The number of amides is 1. The Bertz CT molecular complexity index is 827. The summed E-state index contributed by atoms with van der Waals surface area (Å²) in [5.41, 5.74) is 1.46. The van der Waals surface area contributed by atoms with Crippen LogP contribution < -0.4 is 9.79 Å². The van der Waals surface area contributed by atoms with Crippen molar-refractivity contribution < 1.29 is 27.4 Å². The van der Waals surface area contributed by atoms with Crippen molar-refractivity contribution in [3.63, 3.8) is 0 Å². The average Bonchev–Trinajstić information content (AvgIpc) is 2.86. The summed E-state index contributed by atoms with van der Waals surface area (Å²) in [7, 11) is -1.91. The highest BCUT2D eigenvalue weighted by molar-refractivity contribution is 7.87. The second kappa shape index (κ2) is 6.49. The minimum Gasteiger partial charge on any atom is -0.289 e. The van der Waals surface area contributed by atoms with Gasteiger partial charge in [0, 0.05) is 0 Å². The lowest BCUT2D eigenvalue weighted by molar-refractivity contribution is -0.137. The lowest BCUT2D eigenvalue weighted by atomic mass is 10.0. The molecule has 132 valence electrons. The molecule has 2 unspecified atom stereocenters. The molecule has 1 heterocycles. The van der Waals surface area contributed by atoms with E-state index in [9.17, 15) is 22.2 Å². The molecule has 0 fully saturated rings. The molecule has 9 heteroatoms. The molecule has 0 aromatic heterocycles. The summed E-state index contributed by atoms with van der Waals surface area (Å²) in [4.78, 5) is 11.6. The van der Waals surface area contributed by atoms with E-state index in [1.807, 2.05) is 0 Å². The van der Waals surface area contributed by atoms with E-state index in [0.717, 1.165) is 12.1 Å². The minimum atomic E-state index is -4.56. The standard InChI is InChI=1S/C16H13F3N2O3S/c17-16(18,19)10-6-7-12-13(9-15(22)20-23)21(25(24)14(12)8-10)11-4-2-1-3-5-11/h1-8,13,23H,9H2,(H,20,22). The van der Waals surface area contributed by atoms with Crippen LogP contribution >= 0.6 is 0 Å². The van der Waals surface area contributed by atoms with Crippen LogP contribution in [0.3, 0.4) is 0 Å². The number of carbonyl (C=O) groups is 1. The molecule has 0 radical (unpaired) electrons. The number of anilines is 1. The zero-order chi connectivity index (χ0) is 18.2. The maximum absolute atomic E-state index is 13.0. The van der Waals surface area contributed by atoms with E-state index in [-0.39, 0.29) is 11.3 Å². The Hall–Kier alpha value is -2.39. The third-order valence-corrected chi connectivity index (χ3v) is 5.42. The largest absolute Gasteiger partial charge is 0.416 e. The predicted molar refractivity (Wildman–Crippen MR) is 84.1 cm³/mol. The third-order valence-electron chi connectivity index (χ3n) is 3.86. The normalized spacial score (nSPS) is 19.6. The van der Waals surface area contributed by atoms with Gasteiger partial charge in [-0.1, -0.05) is 24.3 Å². The number of alkyl halides is 3. The van der Waals surface area contributed by atoms with E-state index in [1.165, 1.54) is 15.9 Å². The number of hydrogen-bond donors (Lipinski definition) is 2. The van der Waals surface area contributed by atoms with Gasteiger partial charge in [-0.25, -0.2) is 9.69 Å². The predicted octanol–water partition coefficient (Wildman–Crippen LogP) is 3.18. The number of hydroxylamine groups is 1. The number of rotatable bonds is 3. The van der Waals surface area contributed by atoms with Gasteiger partial charge in [0.25, 0.3) is 0 Å². The lowest BCUT2D eigenvalue weighted by Crippen LogP contribution is -2.29. The van der Waals surface area contributed by atoms with E-state index in [1.54, 1.807) is 30.3 Å². The highest BCUT2D eigenvalue weighted by Gasteiger charge is 2.40. The molecule has 0 saturated heterocycles. The van der Waals surface area contributed by atoms with E-state index < -0.39 is 34.7 Å². The average molecular weight is 370 g/mol. The summed E-state index contributed by atoms with van der Waals surface area (Å²) < 4.78 is 53.1. The topological polar surface area (TPSA) is 69.6 Å². The molecule has 2 aromatic rings. The Balaban J connectivity index is 2.10. The van der Waals surface area contributed by atoms with Gasteiger partial charge in [0.05, 0.1) is 28.6 Å². The molecule has 0 saturated carbocycles. The molecule has 3 rings (SSSR count). The fourth-order valence-electron chi connectivity index (χ4n) is 2.75. The maximum atomic E-state index is 13.0. The Morgan fingerprint density at radius 3 is 2.48 bits per heavy atom.